The number of nitrogens with one attached hydrogen (secondary N) is 1. The van der Waals surface area contributed by atoms with Gasteiger partial charge >= 0.3 is 5.97 Å². The lowest BCUT2D eigenvalue weighted by Crippen LogP contribution is -2.31. The number of hydrogen-bond acceptors (Lipinski definition) is 4. The van der Waals surface area contributed by atoms with Crippen LogP contribution < -0.4 is 15.6 Å². The normalized spacial score (nSPS) is 19.0. The Bertz CT molecular complexity index is 987. The Labute approximate surface area is 175 Å². The van der Waals surface area contributed by atoms with Gasteiger partial charge < -0.3 is 19.9 Å². The van der Waals surface area contributed by atoms with E-state index in [1.165, 1.54) is 12.3 Å². The van der Waals surface area contributed by atoms with Gasteiger partial charge in [-0.2, -0.15) is 0 Å². The first-order valence-electron chi connectivity index (χ1n) is 9.95. The first-order valence-corrected chi connectivity index (χ1v) is 9.95. The average molecular weight is 424 g/mol. The molecule has 158 valence electrons. The molecule has 2 fully saturated rings. The SMILES string of the molecule is CC(C)NCC1CCN(c2cc3c(cc2F)c(=O)c(C(=O)O)cn3C2CC2)C1.Cl. The number of halogens is 2. The molecule has 1 aromatic carbocycles. The summed E-state index contributed by atoms with van der Waals surface area (Å²) >= 11 is 0. The van der Waals surface area contributed by atoms with Crippen LogP contribution in [0.4, 0.5) is 10.1 Å². The maximum absolute atomic E-state index is 14.9. The second-order valence-corrected chi connectivity index (χ2v) is 8.30. The molecule has 8 heteroatoms. The second-order valence-electron chi connectivity index (χ2n) is 8.30. The molecule has 0 bridgehead atoms. The molecular weight excluding hydrogens is 397 g/mol. The van der Waals surface area contributed by atoms with Crippen LogP contribution in [-0.2, 0) is 0 Å². The molecule has 1 aliphatic heterocycles. The smallest absolute Gasteiger partial charge is 0.341 e. The minimum absolute atomic E-state index is 0. The summed E-state index contributed by atoms with van der Waals surface area (Å²) in [5.41, 5.74) is 0.201. The van der Waals surface area contributed by atoms with Crippen molar-refractivity contribution >= 4 is 35.0 Å². The molecule has 2 aliphatic rings. The third-order valence-electron chi connectivity index (χ3n) is 5.71. The van der Waals surface area contributed by atoms with Crippen molar-refractivity contribution in [1.29, 1.82) is 0 Å². The first kappa shape index (κ1) is 21.6. The number of hydrogen-bond donors (Lipinski definition) is 2. The molecule has 2 N–H and O–H groups in total. The molecule has 0 spiro atoms. The van der Waals surface area contributed by atoms with E-state index in [2.05, 4.69) is 19.2 Å². The van der Waals surface area contributed by atoms with Gasteiger partial charge in [0, 0.05) is 36.8 Å². The highest BCUT2D eigenvalue weighted by atomic mass is 35.5. The van der Waals surface area contributed by atoms with E-state index in [1.54, 1.807) is 6.07 Å². The summed E-state index contributed by atoms with van der Waals surface area (Å²) in [6, 6.07) is 3.55. The zero-order valence-corrected chi connectivity index (χ0v) is 17.5. The minimum Gasteiger partial charge on any atom is -0.477 e. The molecule has 1 atom stereocenters. The lowest BCUT2D eigenvalue weighted by Gasteiger charge is -2.22. The van der Waals surface area contributed by atoms with Gasteiger partial charge in [0.25, 0.3) is 0 Å². The summed E-state index contributed by atoms with van der Waals surface area (Å²) in [7, 11) is 0. The van der Waals surface area contributed by atoms with E-state index in [0.717, 1.165) is 38.9 Å². The third-order valence-corrected chi connectivity index (χ3v) is 5.71. The molecule has 1 aromatic heterocycles. The number of aromatic nitrogens is 1. The number of carboxylic acids is 1. The highest BCUT2D eigenvalue weighted by Gasteiger charge is 2.29. The number of rotatable bonds is 6. The van der Waals surface area contributed by atoms with E-state index >= 15 is 0 Å². The van der Waals surface area contributed by atoms with Crippen molar-refractivity contribution in [2.24, 2.45) is 5.92 Å². The maximum Gasteiger partial charge on any atom is 0.341 e. The van der Waals surface area contributed by atoms with Crippen LogP contribution in [0.15, 0.2) is 23.1 Å². The molecule has 1 saturated carbocycles. The third kappa shape index (κ3) is 4.26. The van der Waals surface area contributed by atoms with Gasteiger partial charge in [-0.3, -0.25) is 4.79 Å². The van der Waals surface area contributed by atoms with Crippen molar-refractivity contribution in [3.05, 3.63) is 39.9 Å². The fourth-order valence-electron chi connectivity index (χ4n) is 4.03. The number of carbonyl (C=O) groups is 1. The van der Waals surface area contributed by atoms with Crippen LogP contribution >= 0.6 is 12.4 Å². The highest BCUT2D eigenvalue weighted by molar-refractivity contribution is 5.93. The minimum atomic E-state index is -1.27. The second kappa shape index (κ2) is 8.32. The molecule has 2 aromatic rings. The fourth-order valence-corrected chi connectivity index (χ4v) is 4.03. The Morgan fingerprint density at radius 2 is 2.03 bits per heavy atom. The molecule has 1 unspecified atom stereocenters. The van der Waals surface area contributed by atoms with Gasteiger partial charge in [0.2, 0.25) is 5.43 Å². The number of aromatic carboxylic acids is 1. The summed E-state index contributed by atoms with van der Waals surface area (Å²) in [5, 5.41) is 12.9. The van der Waals surface area contributed by atoms with Gasteiger partial charge in [0.1, 0.15) is 11.4 Å². The largest absolute Gasteiger partial charge is 0.477 e. The Hall–Kier alpha value is -2.12. The Balaban J connectivity index is 0.00000240. The van der Waals surface area contributed by atoms with Gasteiger partial charge in [-0.1, -0.05) is 13.8 Å². The van der Waals surface area contributed by atoms with E-state index in [-0.39, 0.29) is 29.4 Å². The predicted octanol–water partition coefficient (Wildman–Crippen LogP) is 3.42. The van der Waals surface area contributed by atoms with Crippen molar-refractivity contribution in [1.82, 2.24) is 9.88 Å². The van der Waals surface area contributed by atoms with Crippen LogP contribution in [0.25, 0.3) is 10.9 Å². The standard InChI is InChI=1S/C21H26FN3O3.ClH/c1-12(2)23-9-13-5-6-24(10-13)19-8-18-15(7-17(19)22)20(26)16(21(27)28)11-25(18)14-3-4-14;/h7-8,11-14,23H,3-6,9-10H2,1-2H3,(H,27,28);1H. The van der Waals surface area contributed by atoms with Crippen molar-refractivity contribution in [3.63, 3.8) is 0 Å². The predicted molar refractivity (Wildman–Crippen MR) is 114 cm³/mol. The summed E-state index contributed by atoms with van der Waals surface area (Å²) < 4.78 is 16.8. The molecular formula is C21H27ClFN3O3. The van der Waals surface area contributed by atoms with E-state index in [9.17, 15) is 19.1 Å². The quantitative estimate of drug-likeness (QED) is 0.744. The van der Waals surface area contributed by atoms with Crippen molar-refractivity contribution in [3.8, 4) is 0 Å². The van der Waals surface area contributed by atoms with E-state index < -0.39 is 17.2 Å². The van der Waals surface area contributed by atoms with Crippen molar-refractivity contribution < 1.29 is 14.3 Å². The Morgan fingerprint density at radius 3 is 2.66 bits per heavy atom. The van der Waals surface area contributed by atoms with Crippen LogP contribution in [0.5, 0.6) is 0 Å². The Kier molecular flexibility index (Phi) is 6.19. The molecule has 0 amide bonds. The maximum atomic E-state index is 14.9. The first-order chi connectivity index (χ1) is 13.3. The van der Waals surface area contributed by atoms with Gasteiger partial charge in [-0.25, -0.2) is 9.18 Å². The molecule has 0 radical (unpaired) electrons. The zero-order chi connectivity index (χ0) is 20.0. The van der Waals surface area contributed by atoms with Crippen LogP contribution in [0, 0.1) is 11.7 Å². The van der Waals surface area contributed by atoms with Crippen LogP contribution in [-0.4, -0.2) is 41.3 Å². The molecule has 1 saturated heterocycles. The van der Waals surface area contributed by atoms with Gasteiger partial charge in [-0.05, 0) is 43.9 Å². The molecule has 1 aliphatic carbocycles. The number of benzene rings is 1. The zero-order valence-electron chi connectivity index (χ0n) is 16.7. The summed E-state index contributed by atoms with van der Waals surface area (Å²) in [6.07, 6.45) is 4.29. The summed E-state index contributed by atoms with van der Waals surface area (Å²) in [6.45, 7) is 6.66. The number of pyridine rings is 1. The highest BCUT2D eigenvalue weighted by Crippen LogP contribution is 2.38. The topological polar surface area (TPSA) is 74.6 Å². The molecule has 2 heterocycles. The summed E-state index contributed by atoms with van der Waals surface area (Å²) in [5.74, 6) is -1.28. The van der Waals surface area contributed by atoms with E-state index in [1.807, 2.05) is 9.47 Å². The van der Waals surface area contributed by atoms with Gasteiger partial charge in [0.05, 0.1) is 11.2 Å². The molecule has 29 heavy (non-hydrogen) atoms. The van der Waals surface area contributed by atoms with Gasteiger partial charge in [0.15, 0.2) is 0 Å². The van der Waals surface area contributed by atoms with Crippen LogP contribution in [0.3, 0.4) is 0 Å². The van der Waals surface area contributed by atoms with E-state index in [0.29, 0.717) is 23.2 Å². The van der Waals surface area contributed by atoms with Gasteiger partial charge in [-0.15, -0.1) is 12.4 Å². The number of carboxylic acid groups (broad SMARTS) is 1. The van der Waals surface area contributed by atoms with Crippen LogP contribution in [0.2, 0.25) is 0 Å². The Morgan fingerprint density at radius 1 is 1.31 bits per heavy atom. The number of anilines is 1. The van der Waals surface area contributed by atoms with Crippen molar-refractivity contribution in [2.45, 2.75) is 45.2 Å². The lowest BCUT2D eigenvalue weighted by molar-refractivity contribution is 0.0695. The average Bonchev–Trinajstić information content (AvgIpc) is 3.37. The summed E-state index contributed by atoms with van der Waals surface area (Å²) in [4.78, 5) is 26.1. The molecule has 4 rings (SSSR count). The number of fused-ring (bicyclic) bond motifs is 1. The lowest BCUT2D eigenvalue weighted by atomic mass is 10.1. The molecule has 6 nitrogen and oxygen atoms in total. The fraction of sp³-hybridized carbons (Fsp3) is 0.524. The monoisotopic (exact) mass is 423 g/mol. The number of nitrogens with zero attached hydrogens (tertiary/aromatic N) is 2. The van der Waals surface area contributed by atoms with Crippen LogP contribution in [0.1, 0.15) is 49.5 Å². The van der Waals surface area contributed by atoms with E-state index in [4.69, 9.17) is 0 Å². The van der Waals surface area contributed by atoms with Crippen molar-refractivity contribution in [2.75, 3.05) is 24.5 Å².